The molecule has 0 aromatic carbocycles. The molecule has 5 heteroatoms. The lowest BCUT2D eigenvalue weighted by Crippen LogP contribution is -2.46. The van der Waals surface area contributed by atoms with Crippen molar-refractivity contribution in [1.82, 2.24) is 5.32 Å². The fourth-order valence-electron chi connectivity index (χ4n) is 2.62. The molecule has 158 valence electrons. The fourth-order valence-corrected chi connectivity index (χ4v) is 2.62. The topological polar surface area (TPSA) is 64.6 Å². The number of unbranched alkanes of at least 4 members (excludes halogenated alkanes) is 7. The molecule has 27 heavy (non-hydrogen) atoms. The second kappa shape index (κ2) is 16.6. The molecule has 0 fully saturated rings. The highest BCUT2D eigenvalue weighted by Crippen LogP contribution is 2.12. The van der Waals surface area contributed by atoms with E-state index in [4.69, 9.17) is 9.47 Å². The molecular weight excluding hydrogens is 342 g/mol. The van der Waals surface area contributed by atoms with Crippen LogP contribution in [-0.2, 0) is 14.3 Å². The Bertz CT molecular complexity index is 409. The van der Waals surface area contributed by atoms with Crippen LogP contribution in [0.25, 0.3) is 0 Å². The summed E-state index contributed by atoms with van der Waals surface area (Å²) in [5.74, 6) is -0.110. The van der Waals surface area contributed by atoms with Crippen LogP contribution < -0.4 is 5.32 Å². The van der Waals surface area contributed by atoms with E-state index in [9.17, 15) is 9.59 Å². The van der Waals surface area contributed by atoms with Gasteiger partial charge >= 0.3 is 12.1 Å². The Hall–Kier alpha value is -1.52. The number of allylic oxidation sites excluding steroid dienone is 1. The average Bonchev–Trinajstić information content (AvgIpc) is 2.65. The lowest BCUT2D eigenvalue weighted by Gasteiger charge is -2.22. The van der Waals surface area contributed by atoms with Gasteiger partial charge in [0, 0.05) is 0 Å². The van der Waals surface area contributed by atoms with E-state index in [2.05, 4.69) is 11.9 Å². The molecule has 0 radical (unpaired) electrons. The van der Waals surface area contributed by atoms with Gasteiger partial charge in [-0.15, -0.1) is 6.58 Å². The number of esters is 1. The Labute approximate surface area is 166 Å². The van der Waals surface area contributed by atoms with E-state index in [1.54, 1.807) is 0 Å². The number of alkyl carbamates (subject to hydrolysis) is 1. The summed E-state index contributed by atoms with van der Waals surface area (Å²) in [6.07, 6.45) is 11.4. The van der Waals surface area contributed by atoms with E-state index in [-0.39, 0.29) is 17.8 Å². The molecule has 0 spiro atoms. The Morgan fingerprint density at radius 1 is 0.963 bits per heavy atom. The minimum atomic E-state index is -0.653. The van der Waals surface area contributed by atoms with Gasteiger partial charge in [0.2, 0.25) is 0 Å². The van der Waals surface area contributed by atoms with Crippen LogP contribution in [0.15, 0.2) is 12.7 Å². The molecular formula is C22H41NO4. The Balaban J connectivity index is 4.02. The third kappa shape index (κ3) is 14.2. The summed E-state index contributed by atoms with van der Waals surface area (Å²) < 4.78 is 10.5. The van der Waals surface area contributed by atoms with E-state index < -0.39 is 12.1 Å². The Morgan fingerprint density at radius 2 is 1.56 bits per heavy atom. The highest BCUT2D eigenvalue weighted by molar-refractivity contribution is 5.81. The normalized spacial score (nSPS) is 13.1. The summed E-state index contributed by atoms with van der Waals surface area (Å²) in [5.41, 5.74) is 0. The number of carbonyl (C=O) groups is 2. The van der Waals surface area contributed by atoms with Gasteiger partial charge in [-0.25, -0.2) is 9.59 Å². The molecule has 0 bridgehead atoms. The molecule has 0 heterocycles. The molecule has 5 nitrogen and oxygen atoms in total. The van der Waals surface area contributed by atoms with Crippen molar-refractivity contribution in [2.45, 2.75) is 91.5 Å². The average molecular weight is 384 g/mol. The number of amides is 1. The Morgan fingerprint density at radius 3 is 2.11 bits per heavy atom. The lowest BCUT2D eigenvalue weighted by molar-refractivity contribution is -0.147. The lowest BCUT2D eigenvalue weighted by atomic mass is 9.99. The van der Waals surface area contributed by atoms with E-state index in [0.717, 1.165) is 25.7 Å². The van der Waals surface area contributed by atoms with Gasteiger partial charge in [-0.1, -0.05) is 72.3 Å². The summed E-state index contributed by atoms with van der Waals surface area (Å²) in [7, 11) is 0. The monoisotopic (exact) mass is 383 g/mol. The van der Waals surface area contributed by atoms with Crippen molar-refractivity contribution in [2.75, 3.05) is 13.2 Å². The first-order valence-electron chi connectivity index (χ1n) is 10.6. The van der Waals surface area contributed by atoms with Gasteiger partial charge in [-0.2, -0.15) is 0 Å². The number of nitrogens with one attached hydrogen (secondary N) is 1. The SMILES string of the molecule is C=CCCCCCCCCCOC(=O)C(NC(=O)OCC(C)C)C(C)CC. The number of carbonyl (C=O) groups excluding carboxylic acids is 2. The summed E-state index contributed by atoms with van der Waals surface area (Å²) in [6, 6.07) is -0.653. The van der Waals surface area contributed by atoms with Crippen LogP contribution in [0.2, 0.25) is 0 Å². The van der Waals surface area contributed by atoms with Crippen LogP contribution in [0.1, 0.15) is 85.5 Å². The maximum Gasteiger partial charge on any atom is 0.407 e. The molecule has 0 rings (SSSR count). The van der Waals surface area contributed by atoms with E-state index in [1.807, 2.05) is 33.8 Å². The highest BCUT2D eigenvalue weighted by Gasteiger charge is 2.27. The summed E-state index contributed by atoms with van der Waals surface area (Å²) in [4.78, 5) is 24.2. The fraction of sp³-hybridized carbons (Fsp3) is 0.818. The minimum Gasteiger partial charge on any atom is -0.464 e. The molecule has 0 aromatic heterocycles. The zero-order chi connectivity index (χ0) is 20.5. The first kappa shape index (κ1) is 25.5. The van der Waals surface area contributed by atoms with E-state index in [0.29, 0.717) is 13.2 Å². The molecule has 0 saturated heterocycles. The molecule has 0 aliphatic heterocycles. The van der Waals surface area contributed by atoms with Crippen molar-refractivity contribution < 1.29 is 19.1 Å². The summed E-state index contributed by atoms with van der Waals surface area (Å²) in [6.45, 7) is 12.3. The van der Waals surface area contributed by atoms with Gasteiger partial charge in [0.1, 0.15) is 6.04 Å². The van der Waals surface area contributed by atoms with Crippen LogP contribution in [-0.4, -0.2) is 31.3 Å². The molecule has 0 aromatic rings. The van der Waals surface area contributed by atoms with Crippen LogP contribution >= 0.6 is 0 Å². The quantitative estimate of drug-likeness (QED) is 0.213. The van der Waals surface area contributed by atoms with Crippen molar-refractivity contribution >= 4 is 12.1 Å². The van der Waals surface area contributed by atoms with Crippen LogP contribution in [0.4, 0.5) is 4.79 Å². The highest BCUT2D eigenvalue weighted by atomic mass is 16.6. The van der Waals surface area contributed by atoms with Crippen molar-refractivity contribution in [1.29, 1.82) is 0 Å². The molecule has 2 unspecified atom stereocenters. The van der Waals surface area contributed by atoms with Crippen molar-refractivity contribution in [3.8, 4) is 0 Å². The molecule has 0 aliphatic carbocycles. The van der Waals surface area contributed by atoms with Crippen molar-refractivity contribution in [2.24, 2.45) is 11.8 Å². The van der Waals surface area contributed by atoms with Gasteiger partial charge in [0.25, 0.3) is 0 Å². The number of hydrogen-bond donors (Lipinski definition) is 1. The predicted molar refractivity (Wildman–Crippen MR) is 111 cm³/mol. The second-order valence-electron chi connectivity index (χ2n) is 7.72. The number of ether oxygens (including phenoxy) is 2. The van der Waals surface area contributed by atoms with Crippen LogP contribution in [0.5, 0.6) is 0 Å². The molecule has 0 saturated carbocycles. The van der Waals surface area contributed by atoms with Crippen molar-refractivity contribution in [3.05, 3.63) is 12.7 Å². The first-order valence-corrected chi connectivity index (χ1v) is 10.6. The molecule has 0 aliphatic rings. The zero-order valence-electron chi connectivity index (χ0n) is 17.9. The number of hydrogen-bond acceptors (Lipinski definition) is 4. The standard InChI is InChI=1S/C22H41NO4/c1-6-8-9-10-11-12-13-14-15-16-26-21(24)20(19(5)7-2)23-22(25)27-17-18(3)4/h6,18-20H,1,7-17H2,2-5H3,(H,23,25). The van der Waals surface area contributed by atoms with Gasteiger partial charge in [0.05, 0.1) is 13.2 Å². The first-order chi connectivity index (χ1) is 12.9. The minimum absolute atomic E-state index is 0.000310. The summed E-state index contributed by atoms with van der Waals surface area (Å²) >= 11 is 0. The predicted octanol–water partition coefficient (Wildman–Crippen LogP) is 5.63. The van der Waals surface area contributed by atoms with Crippen LogP contribution in [0, 0.1) is 11.8 Å². The second-order valence-corrected chi connectivity index (χ2v) is 7.72. The smallest absolute Gasteiger partial charge is 0.407 e. The largest absolute Gasteiger partial charge is 0.464 e. The van der Waals surface area contributed by atoms with E-state index in [1.165, 1.54) is 32.1 Å². The van der Waals surface area contributed by atoms with Gasteiger partial charge in [-0.05, 0) is 31.1 Å². The van der Waals surface area contributed by atoms with Gasteiger partial charge in [-0.3, -0.25) is 0 Å². The van der Waals surface area contributed by atoms with Crippen LogP contribution in [0.3, 0.4) is 0 Å². The maximum absolute atomic E-state index is 12.4. The Kier molecular flexibility index (Phi) is 15.7. The summed E-state index contributed by atoms with van der Waals surface area (Å²) in [5, 5.41) is 2.67. The molecule has 1 N–H and O–H groups in total. The third-order valence-corrected chi connectivity index (χ3v) is 4.58. The van der Waals surface area contributed by atoms with Gasteiger partial charge < -0.3 is 14.8 Å². The molecule has 1 amide bonds. The van der Waals surface area contributed by atoms with Crippen molar-refractivity contribution in [3.63, 3.8) is 0 Å². The number of rotatable bonds is 16. The van der Waals surface area contributed by atoms with Gasteiger partial charge in [0.15, 0.2) is 0 Å². The maximum atomic E-state index is 12.4. The zero-order valence-corrected chi connectivity index (χ0v) is 17.9. The molecule has 2 atom stereocenters. The van der Waals surface area contributed by atoms with E-state index >= 15 is 0 Å². The third-order valence-electron chi connectivity index (χ3n) is 4.58.